The van der Waals surface area contributed by atoms with Crippen LogP contribution in [0.1, 0.15) is 29.5 Å². The first kappa shape index (κ1) is 18.5. The summed E-state index contributed by atoms with van der Waals surface area (Å²) in [6, 6.07) is 11.7. The number of aryl methyl sites for hydroxylation is 1. The van der Waals surface area contributed by atoms with Crippen molar-refractivity contribution in [2.75, 3.05) is 7.11 Å². The van der Waals surface area contributed by atoms with Crippen LogP contribution in [0.5, 0.6) is 5.75 Å². The summed E-state index contributed by atoms with van der Waals surface area (Å²) in [6.07, 6.45) is 5.07. The molecule has 0 spiro atoms. The normalized spacial score (nSPS) is 13.2. The SMILES string of the molecule is COc1ccc(C=C=C2CCC=C(C#Cc3ccc(F)cc3)C2=O)c(C)c1. The third-order valence-electron chi connectivity index (χ3n) is 4.33. The second-order valence-electron chi connectivity index (χ2n) is 6.23. The number of halogens is 1. The topological polar surface area (TPSA) is 26.3 Å². The largest absolute Gasteiger partial charge is 0.497 e. The molecular weight excluding hydrogens is 339 g/mol. The van der Waals surface area contributed by atoms with Gasteiger partial charge in [0.25, 0.3) is 0 Å². The predicted octanol–water partition coefficient (Wildman–Crippen LogP) is 5.02. The Hall–Kier alpha value is -3.34. The van der Waals surface area contributed by atoms with E-state index in [0.717, 1.165) is 23.3 Å². The van der Waals surface area contributed by atoms with E-state index in [1.165, 1.54) is 12.1 Å². The maximum Gasteiger partial charge on any atom is 0.204 e. The standard InChI is InChI=1S/C24H19FO2/c1-17-16-23(27-2)15-12-19(17)10-11-21-5-3-4-20(24(21)26)9-6-18-7-13-22(25)14-8-18/h4,7-8,10,12-16H,3,5H2,1-2H3. The summed E-state index contributed by atoms with van der Waals surface area (Å²) < 4.78 is 18.2. The Labute approximate surface area is 158 Å². The Morgan fingerprint density at radius 1 is 1.11 bits per heavy atom. The van der Waals surface area contributed by atoms with Crippen LogP contribution in [-0.4, -0.2) is 12.9 Å². The summed E-state index contributed by atoms with van der Waals surface area (Å²) >= 11 is 0. The summed E-state index contributed by atoms with van der Waals surface area (Å²) in [4.78, 5) is 12.6. The van der Waals surface area contributed by atoms with Gasteiger partial charge in [-0.3, -0.25) is 4.79 Å². The molecule has 0 fully saturated rings. The second kappa shape index (κ2) is 8.36. The molecule has 0 saturated heterocycles. The van der Waals surface area contributed by atoms with Gasteiger partial charge in [-0.15, -0.1) is 5.73 Å². The second-order valence-corrected chi connectivity index (χ2v) is 6.23. The lowest BCUT2D eigenvalue weighted by molar-refractivity contribution is -0.112. The predicted molar refractivity (Wildman–Crippen MR) is 105 cm³/mol. The highest BCUT2D eigenvalue weighted by Crippen LogP contribution is 2.21. The average molecular weight is 358 g/mol. The molecule has 3 rings (SSSR count). The van der Waals surface area contributed by atoms with Crippen molar-refractivity contribution in [3.8, 4) is 17.6 Å². The van der Waals surface area contributed by atoms with Crippen molar-refractivity contribution in [3.63, 3.8) is 0 Å². The number of ether oxygens (including phenoxy) is 1. The smallest absolute Gasteiger partial charge is 0.204 e. The number of ketones is 1. The first-order valence-electron chi connectivity index (χ1n) is 8.69. The highest BCUT2D eigenvalue weighted by atomic mass is 19.1. The molecule has 2 aromatic rings. The Morgan fingerprint density at radius 3 is 2.59 bits per heavy atom. The molecule has 2 nitrogen and oxygen atoms in total. The highest BCUT2D eigenvalue weighted by Gasteiger charge is 2.17. The van der Waals surface area contributed by atoms with Crippen LogP contribution in [0.2, 0.25) is 0 Å². The van der Waals surface area contributed by atoms with Crippen LogP contribution in [0.3, 0.4) is 0 Å². The molecule has 27 heavy (non-hydrogen) atoms. The number of rotatable bonds is 2. The third-order valence-corrected chi connectivity index (χ3v) is 4.33. The molecule has 3 heteroatoms. The molecule has 0 aromatic heterocycles. The first-order valence-corrected chi connectivity index (χ1v) is 8.69. The van der Waals surface area contributed by atoms with Crippen LogP contribution >= 0.6 is 0 Å². The fraction of sp³-hybridized carbons (Fsp3) is 0.167. The Kier molecular flexibility index (Phi) is 5.71. The van der Waals surface area contributed by atoms with Gasteiger partial charge in [0, 0.05) is 11.1 Å². The van der Waals surface area contributed by atoms with Crippen molar-refractivity contribution < 1.29 is 13.9 Å². The molecule has 0 atom stereocenters. The van der Waals surface area contributed by atoms with Crippen molar-refractivity contribution in [1.29, 1.82) is 0 Å². The Bertz CT molecular complexity index is 1020. The van der Waals surface area contributed by atoms with Crippen LogP contribution in [0.25, 0.3) is 6.08 Å². The lowest BCUT2D eigenvalue weighted by Crippen LogP contribution is -2.09. The van der Waals surface area contributed by atoms with Crippen molar-refractivity contribution in [1.82, 2.24) is 0 Å². The van der Waals surface area contributed by atoms with E-state index < -0.39 is 0 Å². The number of carbonyl (C=O) groups excluding carboxylic acids is 1. The van der Waals surface area contributed by atoms with Gasteiger partial charge in [-0.2, -0.15) is 0 Å². The number of hydrogen-bond donors (Lipinski definition) is 0. The van der Waals surface area contributed by atoms with E-state index in [2.05, 4.69) is 17.6 Å². The molecule has 0 aliphatic heterocycles. The zero-order chi connectivity index (χ0) is 19.2. The maximum absolute atomic E-state index is 13.0. The molecular formula is C24H19FO2. The van der Waals surface area contributed by atoms with Crippen molar-refractivity contribution in [2.45, 2.75) is 19.8 Å². The Morgan fingerprint density at radius 2 is 1.89 bits per heavy atom. The lowest BCUT2D eigenvalue weighted by Gasteiger charge is -2.08. The van der Waals surface area contributed by atoms with Crippen molar-refractivity contribution >= 4 is 11.9 Å². The summed E-state index contributed by atoms with van der Waals surface area (Å²) in [5.74, 6) is 6.22. The monoisotopic (exact) mass is 358 g/mol. The van der Waals surface area contributed by atoms with Crippen LogP contribution in [-0.2, 0) is 4.79 Å². The van der Waals surface area contributed by atoms with Crippen LogP contribution in [0, 0.1) is 24.6 Å². The van der Waals surface area contributed by atoms with Gasteiger partial charge in [-0.25, -0.2) is 4.39 Å². The zero-order valence-electron chi connectivity index (χ0n) is 15.3. The molecule has 0 N–H and O–H groups in total. The van der Waals surface area contributed by atoms with E-state index >= 15 is 0 Å². The maximum atomic E-state index is 13.0. The van der Waals surface area contributed by atoms with Crippen molar-refractivity contribution in [3.05, 3.63) is 87.9 Å². The van der Waals surface area contributed by atoms with E-state index in [9.17, 15) is 9.18 Å². The minimum Gasteiger partial charge on any atom is -0.497 e. The molecule has 0 saturated carbocycles. The number of carbonyl (C=O) groups is 1. The first-order chi connectivity index (χ1) is 13.1. The van der Waals surface area contributed by atoms with E-state index in [-0.39, 0.29) is 11.6 Å². The molecule has 0 radical (unpaired) electrons. The zero-order valence-corrected chi connectivity index (χ0v) is 15.3. The fourth-order valence-electron chi connectivity index (χ4n) is 2.75. The number of Topliss-reactive ketones (excluding diaryl/α,β-unsaturated/α-hetero) is 1. The summed E-state index contributed by atoms with van der Waals surface area (Å²) in [5.41, 5.74) is 6.95. The lowest BCUT2D eigenvalue weighted by atomic mass is 9.93. The van der Waals surface area contributed by atoms with E-state index in [1.807, 2.05) is 37.3 Å². The minimum atomic E-state index is -0.308. The van der Waals surface area contributed by atoms with Gasteiger partial charge in [0.15, 0.2) is 0 Å². The highest BCUT2D eigenvalue weighted by molar-refractivity contribution is 6.12. The molecule has 2 aromatic carbocycles. The molecule has 1 aliphatic rings. The van der Waals surface area contributed by atoms with E-state index in [0.29, 0.717) is 23.1 Å². The van der Waals surface area contributed by atoms with Crippen LogP contribution in [0.4, 0.5) is 4.39 Å². The summed E-state index contributed by atoms with van der Waals surface area (Å²) in [7, 11) is 1.63. The van der Waals surface area contributed by atoms with Crippen molar-refractivity contribution in [2.24, 2.45) is 0 Å². The molecule has 1 aliphatic carbocycles. The number of hydrogen-bond acceptors (Lipinski definition) is 2. The number of methoxy groups -OCH3 is 1. The van der Waals surface area contributed by atoms with E-state index in [1.54, 1.807) is 19.2 Å². The molecule has 0 amide bonds. The number of allylic oxidation sites excluding steroid dienone is 3. The van der Waals surface area contributed by atoms with Crippen LogP contribution in [0.15, 0.2) is 65.4 Å². The molecule has 0 heterocycles. The van der Waals surface area contributed by atoms with Crippen LogP contribution < -0.4 is 4.74 Å². The summed E-state index contributed by atoms with van der Waals surface area (Å²) in [5, 5.41) is 0. The van der Waals surface area contributed by atoms with Gasteiger partial charge in [-0.05, 0) is 73.4 Å². The third kappa shape index (κ3) is 4.64. The fourth-order valence-corrected chi connectivity index (χ4v) is 2.75. The Balaban J connectivity index is 1.83. The van der Waals surface area contributed by atoms with Gasteiger partial charge >= 0.3 is 0 Å². The van der Waals surface area contributed by atoms with Gasteiger partial charge < -0.3 is 4.74 Å². The molecule has 0 bridgehead atoms. The van der Waals surface area contributed by atoms with E-state index in [4.69, 9.17) is 4.74 Å². The molecule has 134 valence electrons. The van der Waals surface area contributed by atoms with Gasteiger partial charge in [0.2, 0.25) is 5.78 Å². The van der Waals surface area contributed by atoms with Gasteiger partial charge in [0.05, 0.1) is 12.7 Å². The van der Waals surface area contributed by atoms with Gasteiger partial charge in [0.1, 0.15) is 11.6 Å². The quantitative estimate of drug-likeness (QED) is 0.428. The average Bonchev–Trinajstić information content (AvgIpc) is 2.68. The summed E-state index contributed by atoms with van der Waals surface area (Å²) in [6.45, 7) is 1.99. The number of benzene rings is 2. The van der Waals surface area contributed by atoms with Gasteiger partial charge in [-0.1, -0.05) is 24.0 Å². The minimum absolute atomic E-state index is 0.0988. The molecule has 0 unspecified atom stereocenters.